The summed E-state index contributed by atoms with van der Waals surface area (Å²) in [6.45, 7) is 6.82. The predicted octanol–water partition coefficient (Wildman–Crippen LogP) is 1.51. The number of rotatable bonds is 3. The first-order chi connectivity index (χ1) is 11.8. The Balaban J connectivity index is 1.64. The van der Waals surface area contributed by atoms with E-state index in [-0.39, 0.29) is 30.6 Å². The number of nitrogens with zero attached hydrogens (tertiary/aromatic N) is 2. The van der Waals surface area contributed by atoms with E-state index in [4.69, 9.17) is 4.74 Å². The Kier molecular flexibility index (Phi) is 5.04. The molecule has 0 aromatic heterocycles. The summed E-state index contributed by atoms with van der Waals surface area (Å²) < 4.78 is 5.64. The first kappa shape index (κ1) is 18.2. The van der Waals surface area contributed by atoms with E-state index >= 15 is 0 Å². The minimum absolute atomic E-state index is 0.0357. The van der Waals surface area contributed by atoms with Crippen LogP contribution < -0.4 is 5.32 Å². The van der Waals surface area contributed by atoms with Gasteiger partial charge in [-0.3, -0.25) is 14.5 Å². The molecule has 0 bridgehead atoms. The third-order valence-corrected chi connectivity index (χ3v) is 5.85. The molecule has 2 aliphatic heterocycles. The van der Waals surface area contributed by atoms with Gasteiger partial charge in [-0.1, -0.05) is 13.3 Å². The number of urea groups is 1. The topological polar surface area (TPSA) is 79.0 Å². The van der Waals surface area contributed by atoms with Crippen LogP contribution in [0.2, 0.25) is 0 Å². The quantitative estimate of drug-likeness (QED) is 0.782. The second-order valence-corrected chi connectivity index (χ2v) is 7.81. The molecular formula is C18H29N3O4. The van der Waals surface area contributed by atoms with E-state index in [9.17, 15) is 14.4 Å². The highest BCUT2D eigenvalue weighted by Gasteiger charge is 2.52. The molecule has 3 fully saturated rings. The molecule has 2 heterocycles. The van der Waals surface area contributed by atoms with Gasteiger partial charge in [-0.25, -0.2) is 4.79 Å². The Morgan fingerprint density at radius 2 is 1.80 bits per heavy atom. The minimum Gasteiger partial charge on any atom is -0.372 e. The van der Waals surface area contributed by atoms with Crippen molar-refractivity contribution in [1.29, 1.82) is 0 Å². The van der Waals surface area contributed by atoms with Gasteiger partial charge in [0.1, 0.15) is 12.1 Å². The van der Waals surface area contributed by atoms with Gasteiger partial charge in [0.05, 0.1) is 12.2 Å². The van der Waals surface area contributed by atoms with Crippen molar-refractivity contribution in [3.63, 3.8) is 0 Å². The van der Waals surface area contributed by atoms with Crippen molar-refractivity contribution in [3.05, 3.63) is 0 Å². The maximum Gasteiger partial charge on any atom is 0.325 e. The van der Waals surface area contributed by atoms with Crippen LogP contribution in [0.1, 0.15) is 52.9 Å². The van der Waals surface area contributed by atoms with E-state index in [0.29, 0.717) is 31.8 Å². The summed E-state index contributed by atoms with van der Waals surface area (Å²) in [6, 6.07) is -0.428. The first-order valence-corrected chi connectivity index (χ1v) is 9.42. The molecule has 7 nitrogen and oxygen atoms in total. The molecule has 0 aromatic rings. The maximum absolute atomic E-state index is 12.9. The lowest BCUT2D eigenvalue weighted by Crippen LogP contribution is -2.52. The molecule has 1 aliphatic carbocycles. The number of nitrogens with one attached hydrogen (secondary N) is 1. The Morgan fingerprint density at radius 3 is 2.36 bits per heavy atom. The summed E-state index contributed by atoms with van der Waals surface area (Å²) in [7, 11) is 0. The van der Waals surface area contributed by atoms with Gasteiger partial charge in [-0.15, -0.1) is 0 Å². The van der Waals surface area contributed by atoms with Gasteiger partial charge in [0.2, 0.25) is 5.91 Å². The van der Waals surface area contributed by atoms with Crippen molar-refractivity contribution < 1.29 is 19.1 Å². The Bertz CT molecular complexity index is 547. The number of imide groups is 1. The zero-order valence-electron chi connectivity index (χ0n) is 15.4. The smallest absolute Gasteiger partial charge is 0.325 e. The van der Waals surface area contributed by atoms with E-state index in [2.05, 4.69) is 12.2 Å². The summed E-state index contributed by atoms with van der Waals surface area (Å²) in [5, 5.41) is 2.88. The van der Waals surface area contributed by atoms with Crippen LogP contribution >= 0.6 is 0 Å². The normalized spacial score (nSPS) is 36.0. The Hall–Kier alpha value is -1.63. The number of carbonyl (C=O) groups excluding carboxylic acids is 3. The summed E-state index contributed by atoms with van der Waals surface area (Å²) in [4.78, 5) is 40.6. The highest BCUT2D eigenvalue weighted by molar-refractivity contribution is 6.09. The monoisotopic (exact) mass is 351 g/mol. The second kappa shape index (κ2) is 6.94. The van der Waals surface area contributed by atoms with E-state index < -0.39 is 11.6 Å². The van der Waals surface area contributed by atoms with Gasteiger partial charge in [0, 0.05) is 13.1 Å². The third kappa shape index (κ3) is 3.52. The van der Waals surface area contributed by atoms with E-state index in [1.54, 1.807) is 4.90 Å². The largest absolute Gasteiger partial charge is 0.372 e. The molecule has 7 heteroatoms. The van der Waals surface area contributed by atoms with Crippen molar-refractivity contribution >= 4 is 17.8 Å². The SMILES string of the molecule is CCC1CCC2(CC1)NC(=O)N(CC(=O)N1C[C@H](C)O[C@@H](C)C1)C2=O. The fraction of sp³-hybridized carbons (Fsp3) is 0.833. The zero-order chi connectivity index (χ0) is 18.2. The average Bonchev–Trinajstić information content (AvgIpc) is 2.79. The lowest BCUT2D eigenvalue weighted by molar-refractivity contribution is -0.147. The summed E-state index contributed by atoms with van der Waals surface area (Å²) in [5.41, 5.74) is -0.783. The molecule has 25 heavy (non-hydrogen) atoms. The molecule has 2 saturated heterocycles. The van der Waals surface area contributed by atoms with Gasteiger partial charge in [-0.2, -0.15) is 0 Å². The van der Waals surface area contributed by atoms with Crippen LogP contribution in [-0.4, -0.2) is 65.0 Å². The van der Waals surface area contributed by atoms with Gasteiger partial charge < -0.3 is 15.0 Å². The number of morpholine rings is 1. The molecule has 0 unspecified atom stereocenters. The van der Waals surface area contributed by atoms with Crippen LogP contribution in [0.4, 0.5) is 4.79 Å². The molecule has 140 valence electrons. The highest BCUT2D eigenvalue weighted by Crippen LogP contribution is 2.37. The fourth-order valence-corrected chi connectivity index (χ4v) is 4.35. The number of ether oxygens (including phenoxy) is 1. The zero-order valence-corrected chi connectivity index (χ0v) is 15.4. The molecule has 0 radical (unpaired) electrons. The van der Waals surface area contributed by atoms with Crippen LogP contribution in [0.3, 0.4) is 0 Å². The molecule has 1 saturated carbocycles. The minimum atomic E-state index is -0.783. The maximum atomic E-state index is 12.9. The van der Waals surface area contributed by atoms with Crippen LogP contribution in [0.25, 0.3) is 0 Å². The molecule has 4 amide bonds. The first-order valence-electron chi connectivity index (χ1n) is 9.42. The van der Waals surface area contributed by atoms with Crippen molar-refractivity contribution in [2.45, 2.75) is 70.6 Å². The number of hydrogen-bond donors (Lipinski definition) is 1. The third-order valence-electron chi connectivity index (χ3n) is 5.85. The lowest BCUT2D eigenvalue weighted by Gasteiger charge is -2.36. The lowest BCUT2D eigenvalue weighted by atomic mass is 9.75. The predicted molar refractivity (Wildman–Crippen MR) is 91.8 cm³/mol. The molecule has 1 spiro atoms. The summed E-state index contributed by atoms with van der Waals surface area (Å²) in [5.74, 6) is 0.210. The van der Waals surface area contributed by atoms with Crippen molar-refractivity contribution in [2.75, 3.05) is 19.6 Å². The number of hydrogen-bond acceptors (Lipinski definition) is 4. The number of carbonyl (C=O) groups is 3. The molecule has 3 rings (SSSR count). The van der Waals surface area contributed by atoms with Crippen molar-refractivity contribution in [3.8, 4) is 0 Å². The molecule has 0 aromatic carbocycles. The van der Waals surface area contributed by atoms with Crippen LogP contribution in [0.15, 0.2) is 0 Å². The van der Waals surface area contributed by atoms with Crippen molar-refractivity contribution in [2.24, 2.45) is 5.92 Å². The summed E-state index contributed by atoms with van der Waals surface area (Å²) >= 11 is 0. The van der Waals surface area contributed by atoms with Crippen LogP contribution in [0, 0.1) is 5.92 Å². The van der Waals surface area contributed by atoms with E-state index in [1.807, 2.05) is 13.8 Å². The van der Waals surface area contributed by atoms with E-state index in [0.717, 1.165) is 24.2 Å². The Labute approximate surface area is 149 Å². The summed E-state index contributed by atoms with van der Waals surface area (Å²) in [6.07, 6.45) is 4.27. The van der Waals surface area contributed by atoms with E-state index in [1.165, 1.54) is 0 Å². The number of amides is 4. The highest BCUT2D eigenvalue weighted by atomic mass is 16.5. The second-order valence-electron chi connectivity index (χ2n) is 7.81. The van der Waals surface area contributed by atoms with Gasteiger partial charge in [-0.05, 0) is 45.4 Å². The molecule has 1 N–H and O–H groups in total. The molecule has 2 atom stereocenters. The molecular weight excluding hydrogens is 322 g/mol. The van der Waals surface area contributed by atoms with Crippen molar-refractivity contribution in [1.82, 2.24) is 15.1 Å². The Morgan fingerprint density at radius 1 is 1.20 bits per heavy atom. The van der Waals surface area contributed by atoms with Gasteiger partial charge in [0.15, 0.2) is 0 Å². The molecule has 3 aliphatic rings. The van der Waals surface area contributed by atoms with Gasteiger partial charge in [0.25, 0.3) is 5.91 Å². The average molecular weight is 351 g/mol. The fourth-order valence-electron chi connectivity index (χ4n) is 4.35. The van der Waals surface area contributed by atoms with Gasteiger partial charge >= 0.3 is 6.03 Å². The van der Waals surface area contributed by atoms with Crippen LogP contribution in [-0.2, 0) is 14.3 Å². The standard InChI is InChI=1S/C18H29N3O4/c1-4-14-5-7-18(8-6-14)16(23)21(17(24)19-18)11-15(22)20-9-12(2)25-13(3)10-20/h12-14H,4-11H2,1-3H3,(H,19,24)/t12-,13-,14?,18?/m0/s1. The van der Waals surface area contributed by atoms with Crippen LogP contribution in [0.5, 0.6) is 0 Å².